The molecule has 6 heterocycles. The standard InChI is InChI=1S/C40H49FN8O2/c1-26-12-16-43-28(3)36(26)37-34-24-47(35-10-6-8-29-13-18-45(4)23-33(29)35)19-14-32(34)38(44-39(37)51-25-31-9-7-17-46(31)5)48-20-21-49(40(50)27(2)41)30(22-48)11-15-42/h6,8,10,12,16,30-31H,2,7,9,11,13-14,17-25H2,1,3-5H3/t30-,31-/m0/s1. The van der Waals surface area contributed by atoms with Gasteiger partial charge < -0.3 is 29.2 Å². The van der Waals surface area contributed by atoms with E-state index in [0.717, 1.165) is 85.6 Å². The summed E-state index contributed by atoms with van der Waals surface area (Å²) in [4.78, 5) is 33.8. The van der Waals surface area contributed by atoms with E-state index in [1.165, 1.54) is 27.3 Å². The Hall–Kier alpha value is -4.53. The highest BCUT2D eigenvalue weighted by molar-refractivity contribution is 5.91. The normalized spacial score (nSPS) is 20.9. The highest BCUT2D eigenvalue weighted by Crippen LogP contribution is 2.45. The monoisotopic (exact) mass is 692 g/mol. The predicted octanol–water partition coefficient (Wildman–Crippen LogP) is 5.20. The Bertz CT molecular complexity index is 1850. The summed E-state index contributed by atoms with van der Waals surface area (Å²) in [6.45, 7) is 13.6. The summed E-state index contributed by atoms with van der Waals surface area (Å²) in [7, 11) is 4.35. The Labute approximate surface area is 301 Å². The van der Waals surface area contributed by atoms with Crippen LogP contribution in [0.2, 0.25) is 0 Å². The van der Waals surface area contributed by atoms with Gasteiger partial charge in [-0.1, -0.05) is 18.7 Å². The second kappa shape index (κ2) is 14.6. The molecule has 7 rings (SSSR count). The molecule has 3 aromatic rings. The van der Waals surface area contributed by atoms with E-state index in [2.05, 4.69) is 84.5 Å². The zero-order valence-electron chi connectivity index (χ0n) is 30.4. The van der Waals surface area contributed by atoms with E-state index < -0.39 is 17.8 Å². The topological polar surface area (TPSA) is 92.1 Å². The van der Waals surface area contributed by atoms with Gasteiger partial charge >= 0.3 is 0 Å². The Morgan fingerprint density at radius 2 is 1.84 bits per heavy atom. The molecule has 2 atom stereocenters. The summed E-state index contributed by atoms with van der Waals surface area (Å²) in [5.41, 5.74) is 10.5. The molecule has 0 saturated carbocycles. The number of likely N-dealkylation sites (tertiary alicyclic amines) is 1. The molecule has 0 unspecified atom stereocenters. The molecule has 0 bridgehead atoms. The number of nitrogens with zero attached hydrogens (tertiary/aromatic N) is 8. The number of aromatic nitrogens is 2. The van der Waals surface area contributed by atoms with Gasteiger partial charge in [-0.15, -0.1) is 0 Å². The van der Waals surface area contributed by atoms with Gasteiger partial charge in [0.05, 0.1) is 24.1 Å². The van der Waals surface area contributed by atoms with Crippen molar-refractivity contribution in [1.29, 1.82) is 5.26 Å². The SMILES string of the molecule is C=C(F)C(=O)N1CCN(c2nc(OC[C@@H]3CCCN3C)c(-c3c(C)ccnc3C)c3c2CCN(c2cccc4c2CN(C)CC4)C3)C[C@@H]1CC#N. The van der Waals surface area contributed by atoms with Gasteiger partial charge in [-0.25, -0.2) is 4.39 Å². The van der Waals surface area contributed by atoms with Crippen molar-refractivity contribution < 1.29 is 13.9 Å². The Morgan fingerprint density at radius 3 is 2.59 bits per heavy atom. The minimum Gasteiger partial charge on any atom is -0.475 e. The first-order valence-corrected chi connectivity index (χ1v) is 18.3. The number of amides is 1. The number of rotatable bonds is 8. The maximum atomic E-state index is 14.1. The van der Waals surface area contributed by atoms with Gasteiger partial charge in [0, 0.05) is 80.6 Å². The number of hydrogen-bond donors (Lipinski definition) is 0. The van der Waals surface area contributed by atoms with Crippen LogP contribution in [-0.4, -0.2) is 103 Å². The molecule has 4 aliphatic heterocycles. The number of carbonyl (C=O) groups is 1. The van der Waals surface area contributed by atoms with Gasteiger partial charge in [0.15, 0.2) is 5.83 Å². The molecule has 2 saturated heterocycles. The molecule has 4 aliphatic rings. The van der Waals surface area contributed by atoms with Crippen LogP contribution >= 0.6 is 0 Å². The molecule has 51 heavy (non-hydrogen) atoms. The largest absolute Gasteiger partial charge is 0.475 e. The minimum absolute atomic E-state index is 0.0859. The average molecular weight is 693 g/mol. The van der Waals surface area contributed by atoms with E-state index in [4.69, 9.17) is 14.7 Å². The lowest BCUT2D eigenvalue weighted by molar-refractivity contribution is -0.131. The number of hydrogen-bond acceptors (Lipinski definition) is 9. The van der Waals surface area contributed by atoms with Crippen LogP contribution in [0, 0.1) is 25.2 Å². The number of pyridine rings is 2. The lowest BCUT2D eigenvalue weighted by Crippen LogP contribution is -2.55. The molecule has 2 aromatic heterocycles. The number of carbonyl (C=O) groups excluding carboxylic acids is 1. The Kier molecular flexibility index (Phi) is 9.99. The lowest BCUT2D eigenvalue weighted by atomic mass is 9.88. The van der Waals surface area contributed by atoms with Crippen molar-refractivity contribution in [3.63, 3.8) is 0 Å². The summed E-state index contributed by atoms with van der Waals surface area (Å²) >= 11 is 0. The number of nitriles is 1. The quantitative estimate of drug-likeness (QED) is 0.296. The van der Waals surface area contributed by atoms with Crippen molar-refractivity contribution in [2.75, 3.05) is 69.8 Å². The fourth-order valence-corrected chi connectivity index (χ4v) is 8.60. The molecule has 10 nitrogen and oxygen atoms in total. The summed E-state index contributed by atoms with van der Waals surface area (Å²) < 4.78 is 20.9. The fraction of sp³-hybridized carbons (Fsp3) is 0.500. The van der Waals surface area contributed by atoms with Gasteiger partial charge in [-0.3, -0.25) is 9.78 Å². The summed E-state index contributed by atoms with van der Waals surface area (Å²) in [6.07, 6.45) is 5.96. The molecule has 2 fully saturated rings. The zero-order valence-corrected chi connectivity index (χ0v) is 30.4. The summed E-state index contributed by atoms with van der Waals surface area (Å²) in [6, 6.07) is 10.8. The number of likely N-dealkylation sites (N-methyl/N-ethyl adjacent to an activating group) is 2. The van der Waals surface area contributed by atoms with Crippen molar-refractivity contribution in [2.45, 2.75) is 71.1 Å². The van der Waals surface area contributed by atoms with Crippen LogP contribution in [0.4, 0.5) is 15.9 Å². The first-order chi connectivity index (χ1) is 24.6. The van der Waals surface area contributed by atoms with E-state index in [9.17, 15) is 14.4 Å². The molecule has 0 N–H and O–H groups in total. The van der Waals surface area contributed by atoms with E-state index in [-0.39, 0.29) is 13.0 Å². The molecule has 1 aromatic carbocycles. The van der Waals surface area contributed by atoms with Crippen molar-refractivity contribution in [3.05, 3.63) is 76.4 Å². The molecular weight excluding hydrogens is 643 g/mol. The molecule has 0 spiro atoms. The first-order valence-electron chi connectivity index (χ1n) is 18.3. The Balaban J connectivity index is 1.37. The third-order valence-corrected chi connectivity index (χ3v) is 11.4. The van der Waals surface area contributed by atoms with Crippen LogP contribution in [0.5, 0.6) is 5.88 Å². The number of anilines is 2. The highest BCUT2D eigenvalue weighted by atomic mass is 19.1. The van der Waals surface area contributed by atoms with E-state index >= 15 is 0 Å². The highest BCUT2D eigenvalue weighted by Gasteiger charge is 2.37. The van der Waals surface area contributed by atoms with Crippen LogP contribution in [0.25, 0.3) is 11.1 Å². The number of ether oxygens (including phenoxy) is 1. The summed E-state index contributed by atoms with van der Waals surface area (Å²) in [5, 5.41) is 9.72. The molecule has 0 aliphatic carbocycles. The minimum atomic E-state index is -1.00. The van der Waals surface area contributed by atoms with Crippen molar-refractivity contribution >= 4 is 17.4 Å². The van der Waals surface area contributed by atoms with Crippen LogP contribution in [0.1, 0.15) is 52.8 Å². The molecule has 0 radical (unpaired) electrons. The third kappa shape index (κ3) is 6.79. The maximum Gasteiger partial charge on any atom is 0.282 e. The molecule has 11 heteroatoms. The van der Waals surface area contributed by atoms with Gasteiger partial charge in [0.25, 0.3) is 5.91 Å². The van der Waals surface area contributed by atoms with Crippen molar-refractivity contribution in [1.82, 2.24) is 24.7 Å². The van der Waals surface area contributed by atoms with Gasteiger partial charge in [-0.05, 0) is 94.6 Å². The Morgan fingerprint density at radius 1 is 1.00 bits per heavy atom. The lowest BCUT2D eigenvalue weighted by Gasteiger charge is -2.43. The van der Waals surface area contributed by atoms with Crippen LogP contribution in [0.3, 0.4) is 0 Å². The molecule has 1 amide bonds. The number of piperazine rings is 1. The van der Waals surface area contributed by atoms with Crippen molar-refractivity contribution in [3.8, 4) is 23.1 Å². The predicted molar refractivity (Wildman–Crippen MR) is 198 cm³/mol. The number of aryl methyl sites for hydroxylation is 2. The van der Waals surface area contributed by atoms with E-state index in [1.807, 2.05) is 6.20 Å². The smallest absolute Gasteiger partial charge is 0.282 e. The van der Waals surface area contributed by atoms with Crippen LogP contribution in [0.15, 0.2) is 42.9 Å². The molecule has 268 valence electrons. The van der Waals surface area contributed by atoms with Crippen LogP contribution < -0.4 is 14.5 Å². The second-order valence-electron chi connectivity index (χ2n) is 14.7. The summed E-state index contributed by atoms with van der Waals surface area (Å²) in [5.74, 6) is -0.339. The first kappa shape index (κ1) is 34.9. The number of benzene rings is 1. The maximum absolute atomic E-state index is 14.1. The van der Waals surface area contributed by atoms with Crippen LogP contribution in [-0.2, 0) is 30.7 Å². The molecular formula is C40H49FN8O2. The van der Waals surface area contributed by atoms with Gasteiger partial charge in [0.2, 0.25) is 5.88 Å². The third-order valence-electron chi connectivity index (χ3n) is 11.4. The number of halogens is 1. The second-order valence-corrected chi connectivity index (χ2v) is 14.7. The van der Waals surface area contributed by atoms with E-state index in [1.54, 1.807) is 0 Å². The zero-order chi connectivity index (χ0) is 35.8. The van der Waals surface area contributed by atoms with Gasteiger partial charge in [-0.2, -0.15) is 10.2 Å². The fourth-order valence-electron chi connectivity index (χ4n) is 8.60. The van der Waals surface area contributed by atoms with Gasteiger partial charge in [0.1, 0.15) is 12.4 Å². The van der Waals surface area contributed by atoms with E-state index in [0.29, 0.717) is 38.2 Å². The average Bonchev–Trinajstić information content (AvgIpc) is 3.54. The number of fused-ring (bicyclic) bond motifs is 2. The van der Waals surface area contributed by atoms with Crippen molar-refractivity contribution in [2.24, 2.45) is 0 Å².